The summed E-state index contributed by atoms with van der Waals surface area (Å²) in [7, 11) is 1.98. The summed E-state index contributed by atoms with van der Waals surface area (Å²) in [6, 6.07) is 11.0. The van der Waals surface area contributed by atoms with Crippen LogP contribution in [0.15, 0.2) is 36.5 Å². The first-order chi connectivity index (χ1) is 9.15. The number of rotatable bonds is 6. The van der Waals surface area contributed by atoms with E-state index < -0.39 is 0 Å². The minimum atomic E-state index is 0.260. The Morgan fingerprint density at radius 1 is 1.11 bits per heavy atom. The lowest BCUT2D eigenvalue weighted by Gasteiger charge is -2.11. The van der Waals surface area contributed by atoms with Gasteiger partial charge in [0.15, 0.2) is 0 Å². The molecule has 19 heavy (non-hydrogen) atoms. The maximum Gasteiger partial charge on any atom is 0.0492 e. The summed E-state index contributed by atoms with van der Waals surface area (Å²) in [5.41, 5.74) is 10.1. The number of aryl methyl sites for hydroxylation is 4. The molecule has 2 aromatic rings. The number of aromatic nitrogens is 2. The van der Waals surface area contributed by atoms with Gasteiger partial charge in [-0.05, 0) is 44.2 Å². The van der Waals surface area contributed by atoms with Gasteiger partial charge in [-0.2, -0.15) is 5.10 Å². The van der Waals surface area contributed by atoms with E-state index in [0.29, 0.717) is 0 Å². The molecule has 1 heterocycles. The fraction of sp³-hybridized carbons (Fsp3) is 0.438. The van der Waals surface area contributed by atoms with Crippen molar-refractivity contribution in [1.29, 1.82) is 0 Å². The van der Waals surface area contributed by atoms with E-state index in [2.05, 4.69) is 42.4 Å². The second-order valence-corrected chi connectivity index (χ2v) is 5.27. The van der Waals surface area contributed by atoms with Gasteiger partial charge in [-0.1, -0.05) is 29.8 Å². The highest BCUT2D eigenvalue weighted by molar-refractivity contribution is 5.21. The zero-order chi connectivity index (χ0) is 13.7. The van der Waals surface area contributed by atoms with Crippen LogP contribution < -0.4 is 5.73 Å². The fourth-order valence-electron chi connectivity index (χ4n) is 2.23. The molecule has 3 nitrogen and oxygen atoms in total. The van der Waals surface area contributed by atoms with E-state index in [4.69, 9.17) is 5.73 Å². The lowest BCUT2D eigenvalue weighted by Crippen LogP contribution is -2.22. The third-order valence-electron chi connectivity index (χ3n) is 3.62. The van der Waals surface area contributed by atoms with E-state index in [0.717, 1.165) is 25.7 Å². The van der Waals surface area contributed by atoms with Gasteiger partial charge in [-0.3, -0.25) is 4.68 Å². The molecule has 0 fully saturated rings. The number of hydrogen-bond acceptors (Lipinski definition) is 2. The van der Waals surface area contributed by atoms with Crippen molar-refractivity contribution in [2.24, 2.45) is 12.8 Å². The Bertz CT molecular complexity index is 499. The van der Waals surface area contributed by atoms with Gasteiger partial charge in [0.05, 0.1) is 0 Å². The molecule has 0 bridgehead atoms. The normalized spacial score (nSPS) is 12.6. The Kier molecular flexibility index (Phi) is 4.74. The average Bonchev–Trinajstić information content (AvgIpc) is 2.81. The number of nitrogens with two attached hydrogens (primary N) is 1. The van der Waals surface area contributed by atoms with Gasteiger partial charge in [0, 0.05) is 25.0 Å². The standard InChI is InChI=1S/C16H23N3/c1-13-3-5-14(6-4-13)7-8-15(17)9-10-16-11-12-18-19(16)2/h3-6,11-12,15H,7-10,17H2,1-2H3. The molecule has 0 radical (unpaired) electrons. The second-order valence-electron chi connectivity index (χ2n) is 5.27. The van der Waals surface area contributed by atoms with Crippen LogP contribution >= 0.6 is 0 Å². The van der Waals surface area contributed by atoms with E-state index in [1.165, 1.54) is 16.8 Å². The Morgan fingerprint density at radius 2 is 1.79 bits per heavy atom. The van der Waals surface area contributed by atoms with E-state index in [-0.39, 0.29) is 6.04 Å². The summed E-state index contributed by atoms with van der Waals surface area (Å²) in [4.78, 5) is 0. The monoisotopic (exact) mass is 257 g/mol. The first-order valence-electron chi connectivity index (χ1n) is 6.93. The third-order valence-corrected chi connectivity index (χ3v) is 3.62. The molecule has 1 atom stereocenters. The summed E-state index contributed by atoms with van der Waals surface area (Å²) in [6.07, 6.45) is 5.97. The molecule has 1 aromatic carbocycles. The highest BCUT2D eigenvalue weighted by Crippen LogP contribution is 2.10. The maximum absolute atomic E-state index is 6.19. The first kappa shape index (κ1) is 13.8. The van der Waals surface area contributed by atoms with Gasteiger partial charge in [0.2, 0.25) is 0 Å². The molecule has 0 aliphatic heterocycles. The topological polar surface area (TPSA) is 43.8 Å². The molecule has 1 unspecified atom stereocenters. The van der Waals surface area contributed by atoms with Gasteiger partial charge < -0.3 is 5.73 Å². The molecule has 0 saturated heterocycles. The van der Waals surface area contributed by atoms with Gasteiger partial charge in [-0.25, -0.2) is 0 Å². The molecule has 0 aliphatic rings. The minimum absolute atomic E-state index is 0.260. The molecule has 2 rings (SSSR count). The Balaban J connectivity index is 1.74. The lowest BCUT2D eigenvalue weighted by molar-refractivity contribution is 0.553. The molecule has 102 valence electrons. The number of nitrogens with zero attached hydrogens (tertiary/aromatic N) is 2. The highest BCUT2D eigenvalue weighted by Gasteiger charge is 2.06. The second kappa shape index (κ2) is 6.53. The van der Waals surface area contributed by atoms with Crippen LogP contribution in [0.2, 0.25) is 0 Å². The summed E-state index contributed by atoms with van der Waals surface area (Å²) in [6.45, 7) is 2.11. The van der Waals surface area contributed by atoms with Crippen LogP contribution in [0, 0.1) is 6.92 Å². The van der Waals surface area contributed by atoms with E-state index in [1.807, 2.05) is 17.9 Å². The van der Waals surface area contributed by atoms with Crippen LogP contribution in [-0.2, 0) is 19.9 Å². The van der Waals surface area contributed by atoms with E-state index >= 15 is 0 Å². The quantitative estimate of drug-likeness (QED) is 0.864. The van der Waals surface area contributed by atoms with Crippen LogP contribution in [0.1, 0.15) is 29.7 Å². The molecular weight excluding hydrogens is 234 g/mol. The zero-order valence-electron chi connectivity index (χ0n) is 11.8. The average molecular weight is 257 g/mol. The van der Waals surface area contributed by atoms with Crippen LogP contribution in [0.3, 0.4) is 0 Å². The predicted octanol–water partition coefficient (Wildman–Crippen LogP) is 2.62. The van der Waals surface area contributed by atoms with Crippen molar-refractivity contribution in [2.45, 2.75) is 38.6 Å². The van der Waals surface area contributed by atoms with Gasteiger partial charge in [0.25, 0.3) is 0 Å². The van der Waals surface area contributed by atoms with Crippen LogP contribution in [0.4, 0.5) is 0 Å². The predicted molar refractivity (Wildman–Crippen MR) is 79.0 cm³/mol. The smallest absolute Gasteiger partial charge is 0.0492 e. The van der Waals surface area contributed by atoms with E-state index in [9.17, 15) is 0 Å². The zero-order valence-corrected chi connectivity index (χ0v) is 11.8. The molecule has 0 spiro atoms. The first-order valence-corrected chi connectivity index (χ1v) is 6.93. The van der Waals surface area contributed by atoms with Crippen molar-refractivity contribution in [3.05, 3.63) is 53.3 Å². The maximum atomic E-state index is 6.19. The summed E-state index contributed by atoms with van der Waals surface area (Å²) >= 11 is 0. The van der Waals surface area contributed by atoms with Crippen LogP contribution in [-0.4, -0.2) is 15.8 Å². The molecule has 3 heteroatoms. The van der Waals surface area contributed by atoms with Crippen molar-refractivity contribution in [2.75, 3.05) is 0 Å². The van der Waals surface area contributed by atoms with Crippen molar-refractivity contribution < 1.29 is 0 Å². The Labute approximate surface area is 115 Å². The largest absolute Gasteiger partial charge is 0.328 e. The van der Waals surface area contributed by atoms with Crippen LogP contribution in [0.25, 0.3) is 0 Å². The molecule has 0 amide bonds. The van der Waals surface area contributed by atoms with Crippen molar-refractivity contribution in [3.8, 4) is 0 Å². The van der Waals surface area contributed by atoms with Gasteiger partial charge in [0.1, 0.15) is 0 Å². The summed E-state index contributed by atoms with van der Waals surface area (Å²) in [5, 5.41) is 4.17. The lowest BCUT2D eigenvalue weighted by atomic mass is 10.0. The Morgan fingerprint density at radius 3 is 2.42 bits per heavy atom. The molecule has 0 aliphatic carbocycles. The van der Waals surface area contributed by atoms with Crippen molar-refractivity contribution in [1.82, 2.24) is 9.78 Å². The molecule has 1 aromatic heterocycles. The Hall–Kier alpha value is -1.61. The number of hydrogen-bond donors (Lipinski definition) is 1. The minimum Gasteiger partial charge on any atom is -0.328 e. The van der Waals surface area contributed by atoms with E-state index in [1.54, 1.807) is 0 Å². The van der Waals surface area contributed by atoms with Gasteiger partial charge in [-0.15, -0.1) is 0 Å². The molecule has 2 N–H and O–H groups in total. The van der Waals surface area contributed by atoms with Crippen LogP contribution in [0.5, 0.6) is 0 Å². The van der Waals surface area contributed by atoms with Crippen molar-refractivity contribution >= 4 is 0 Å². The fourth-order valence-corrected chi connectivity index (χ4v) is 2.23. The third kappa shape index (κ3) is 4.21. The summed E-state index contributed by atoms with van der Waals surface area (Å²) in [5.74, 6) is 0. The molecular formula is C16H23N3. The number of benzene rings is 1. The van der Waals surface area contributed by atoms with Crippen molar-refractivity contribution in [3.63, 3.8) is 0 Å². The molecule has 0 saturated carbocycles. The highest BCUT2D eigenvalue weighted by atomic mass is 15.2. The van der Waals surface area contributed by atoms with Gasteiger partial charge >= 0.3 is 0 Å². The SMILES string of the molecule is Cc1ccc(CCC(N)CCc2ccnn2C)cc1. The summed E-state index contributed by atoms with van der Waals surface area (Å²) < 4.78 is 1.92.